The smallest absolute Gasteiger partial charge is 0.0986 e. The van der Waals surface area contributed by atoms with Crippen molar-refractivity contribution in [3.63, 3.8) is 0 Å². The quantitative estimate of drug-likeness (QED) is 0.713. The lowest BCUT2D eigenvalue weighted by molar-refractivity contribution is -0.131. The zero-order valence-corrected chi connectivity index (χ0v) is 12.8. The summed E-state index contributed by atoms with van der Waals surface area (Å²) >= 11 is 0. The van der Waals surface area contributed by atoms with E-state index >= 15 is 0 Å². The zero-order chi connectivity index (χ0) is 13.7. The highest BCUT2D eigenvalue weighted by molar-refractivity contribution is 4.97. The summed E-state index contributed by atoms with van der Waals surface area (Å²) in [5.74, 6) is 0.649. The van der Waals surface area contributed by atoms with Gasteiger partial charge in [0.25, 0.3) is 0 Å². The average molecular weight is 258 g/mol. The third-order valence-corrected chi connectivity index (χ3v) is 3.92. The predicted molar refractivity (Wildman–Crippen MR) is 74.9 cm³/mol. The van der Waals surface area contributed by atoms with Gasteiger partial charge in [0.2, 0.25) is 0 Å². The molecule has 18 heavy (non-hydrogen) atoms. The van der Waals surface area contributed by atoms with Gasteiger partial charge in [-0.3, -0.25) is 0 Å². The van der Waals surface area contributed by atoms with Crippen LogP contribution in [0.1, 0.15) is 27.2 Å². The molecule has 0 aromatic rings. The van der Waals surface area contributed by atoms with E-state index in [0.29, 0.717) is 18.0 Å². The van der Waals surface area contributed by atoms with Gasteiger partial charge in [-0.05, 0) is 33.4 Å². The van der Waals surface area contributed by atoms with Gasteiger partial charge in [0.1, 0.15) is 0 Å². The van der Waals surface area contributed by atoms with Crippen LogP contribution in [0, 0.1) is 5.92 Å². The molecule has 4 nitrogen and oxygen atoms in total. The van der Waals surface area contributed by atoms with Crippen LogP contribution >= 0.6 is 0 Å². The van der Waals surface area contributed by atoms with E-state index in [4.69, 9.17) is 9.47 Å². The van der Waals surface area contributed by atoms with E-state index in [1.807, 2.05) is 6.92 Å². The minimum Gasteiger partial charge on any atom is -0.377 e. The Morgan fingerprint density at radius 2 is 2.00 bits per heavy atom. The van der Waals surface area contributed by atoms with Gasteiger partial charge < -0.3 is 19.7 Å². The number of methoxy groups -OCH3 is 1. The number of nitrogens with one attached hydrogen (secondary N) is 1. The molecule has 0 aromatic carbocycles. The van der Waals surface area contributed by atoms with Crippen molar-refractivity contribution in [1.82, 2.24) is 10.2 Å². The predicted octanol–water partition coefficient (Wildman–Crippen LogP) is 1.35. The summed E-state index contributed by atoms with van der Waals surface area (Å²) in [6.07, 6.45) is 1.54. The molecule has 4 heteroatoms. The van der Waals surface area contributed by atoms with Gasteiger partial charge in [-0.1, -0.05) is 13.8 Å². The van der Waals surface area contributed by atoms with E-state index in [0.717, 1.165) is 19.6 Å². The van der Waals surface area contributed by atoms with Crippen LogP contribution < -0.4 is 5.32 Å². The van der Waals surface area contributed by atoms with Crippen molar-refractivity contribution in [2.24, 2.45) is 5.92 Å². The number of hydrogen-bond donors (Lipinski definition) is 1. The molecule has 0 aliphatic heterocycles. The fraction of sp³-hybridized carbons (Fsp3) is 1.00. The van der Waals surface area contributed by atoms with E-state index < -0.39 is 0 Å². The Morgan fingerprint density at radius 3 is 2.44 bits per heavy atom. The molecule has 4 atom stereocenters. The van der Waals surface area contributed by atoms with Crippen LogP contribution in [-0.2, 0) is 9.47 Å². The topological polar surface area (TPSA) is 33.7 Å². The Hall–Kier alpha value is -0.160. The fourth-order valence-corrected chi connectivity index (χ4v) is 2.76. The first-order valence-corrected chi connectivity index (χ1v) is 7.05. The Labute approximate surface area is 112 Å². The molecule has 1 aliphatic rings. The first-order valence-electron chi connectivity index (χ1n) is 7.05. The highest BCUT2D eigenvalue weighted by Gasteiger charge is 2.42. The van der Waals surface area contributed by atoms with E-state index in [2.05, 4.69) is 38.2 Å². The van der Waals surface area contributed by atoms with Crippen LogP contribution in [0.15, 0.2) is 0 Å². The van der Waals surface area contributed by atoms with Crippen molar-refractivity contribution < 1.29 is 9.47 Å². The van der Waals surface area contributed by atoms with Crippen LogP contribution in [-0.4, -0.2) is 63.5 Å². The van der Waals surface area contributed by atoms with Crippen LogP contribution in [0.3, 0.4) is 0 Å². The first-order chi connectivity index (χ1) is 8.51. The first kappa shape index (κ1) is 15.9. The number of ether oxygens (including phenoxy) is 2. The summed E-state index contributed by atoms with van der Waals surface area (Å²) in [4.78, 5) is 2.29. The van der Waals surface area contributed by atoms with E-state index in [1.54, 1.807) is 7.11 Å². The third-order valence-electron chi connectivity index (χ3n) is 3.92. The fourth-order valence-electron chi connectivity index (χ4n) is 2.76. The summed E-state index contributed by atoms with van der Waals surface area (Å²) in [6, 6.07) is 1.00. The van der Waals surface area contributed by atoms with Crippen LogP contribution in [0.5, 0.6) is 0 Å². The molecule has 1 fully saturated rings. The Bertz CT molecular complexity index is 226. The molecule has 0 spiro atoms. The largest absolute Gasteiger partial charge is 0.377 e. The summed E-state index contributed by atoms with van der Waals surface area (Å²) in [7, 11) is 6.06. The maximum Gasteiger partial charge on any atom is 0.0986 e. The third kappa shape index (κ3) is 3.92. The van der Waals surface area contributed by atoms with Crippen molar-refractivity contribution in [3.05, 3.63) is 0 Å². The summed E-state index contributed by atoms with van der Waals surface area (Å²) in [6.45, 7) is 8.35. The van der Waals surface area contributed by atoms with Crippen LogP contribution in [0.2, 0.25) is 0 Å². The molecule has 0 amide bonds. The standard InChI is InChI=1S/C14H30N2O2/c1-7-18-13-8-11(14(13)17-6)15-9-12(10(2)3)16(4)5/h10-15H,7-9H2,1-6H3. The summed E-state index contributed by atoms with van der Waals surface area (Å²) in [5, 5.41) is 3.62. The normalized spacial score (nSPS) is 29.7. The van der Waals surface area contributed by atoms with Gasteiger partial charge in [0.15, 0.2) is 0 Å². The average Bonchev–Trinajstić information content (AvgIpc) is 2.26. The number of nitrogens with zero attached hydrogens (tertiary/aromatic N) is 1. The van der Waals surface area contributed by atoms with E-state index in [-0.39, 0.29) is 12.2 Å². The molecular weight excluding hydrogens is 228 g/mol. The minimum absolute atomic E-state index is 0.208. The lowest BCUT2D eigenvalue weighted by Gasteiger charge is -2.44. The molecular formula is C14H30N2O2. The van der Waals surface area contributed by atoms with Crippen molar-refractivity contribution >= 4 is 0 Å². The molecule has 0 saturated heterocycles. The van der Waals surface area contributed by atoms with Crippen molar-refractivity contribution in [1.29, 1.82) is 0 Å². The Balaban J connectivity index is 2.35. The van der Waals surface area contributed by atoms with Gasteiger partial charge in [-0.15, -0.1) is 0 Å². The number of rotatable bonds is 8. The molecule has 4 unspecified atom stereocenters. The van der Waals surface area contributed by atoms with Gasteiger partial charge in [-0.2, -0.15) is 0 Å². The lowest BCUT2D eigenvalue weighted by Crippen LogP contribution is -2.61. The van der Waals surface area contributed by atoms with Gasteiger partial charge in [0, 0.05) is 32.3 Å². The highest BCUT2D eigenvalue weighted by Crippen LogP contribution is 2.27. The molecule has 108 valence electrons. The summed E-state index contributed by atoms with van der Waals surface area (Å²) < 4.78 is 11.2. The monoisotopic (exact) mass is 258 g/mol. The SMILES string of the molecule is CCOC1CC(NCC(C(C)C)N(C)C)C1OC. The maximum absolute atomic E-state index is 5.64. The van der Waals surface area contributed by atoms with Gasteiger partial charge in [0.05, 0.1) is 12.2 Å². The highest BCUT2D eigenvalue weighted by atomic mass is 16.5. The van der Waals surface area contributed by atoms with E-state index in [1.165, 1.54) is 0 Å². The van der Waals surface area contributed by atoms with Crippen molar-refractivity contribution in [2.75, 3.05) is 34.4 Å². The molecule has 1 saturated carbocycles. The molecule has 0 heterocycles. The Morgan fingerprint density at radius 1 is 1.33 bits per heavy atom. The van der Waals surface area contributed by atoms with Gasteiger partial charge in [-0.25, -0.2) is 0 Å². The van der Waals surface area contributed by atoms with Crippen LogP contribution in [0.25, 0.3) is 0 Å². The van der Waals surface area contributed by atoms with Crippen molar-refractivity contribution in [3.8, 4) is 0 Å². The molecule has 0 bridgehead atoms. The second-order valence-corrected chi connectivity index (χ2v) is 5.72. The zero-order valence-electron chi connectivity index (χ0n) is 12.8. The number of hydrogen-bond acceptors (Lipinski definition) is 4. The summed E-state index contributed by atoms with van der Waals surface area (Å²) in [5.41, 5.74) is 0. The van der Waals surface area contributed by atoms with E-state index in [9.17, 15) is 0 Å². The molecule has 1 rings (SSSR count). The molecule has 0 aromatic heterocycles. The lowest BCUT2D eigenvalue weighted by atomic mass is 9.84. The van der Waals surface area contributed by atoms with Crippen LogP contribution in [0.4, 0.5) is 0 Å². The second kappa shape index (κ2) is 7.43. The Kier molecular flexibility index (Phi) is 6.57. The second-order valence-electron chi connectivity index (χ2n) is 5.72. The minimum atomic E-state index is 0.208. The van der Waals surface area contributed by atoms with Gasteiger partial charge >= 0.3 is 0 Å². The maximum atomic E-state index is 5.64. The number of likely N-dealkylation sites (N-methyl/N-ethyl adjacent to an activating group) is 1. The molecule has 1 N–H and O–H groups in total. The molecule has 0 radical (unpaired) electrons. The van der Waals surface area contributed by atoms with Crippen molar-refractivity contribution in [2.45, 2.75) is 51.5 Å². The molecule has 1 aliphatic carbocycles.